The quantitative estimate of drug-likeness (QED) is 0.871. The van der Waals surface area contributed by atoms with Crippen molar-refractivity contribution in [2.45, 2.75) is 57.6 Å². The zero-order chi connectivity index (χ0) is 16.1. The SMILES string of the molecule is COC1O[C@H]([C@@H](C)O)[C@@H](OC)C[C@H]1OCc1ccccc1C. The average Bonchev–Trinajstić information content (AvgIpc) is 2.53. The van der Waals surface area contributed by atoms with Crippen LogP contribution in [0.1, 0.15) is 24.5 Å². The van der Waals surface area contributed by atoms with Crippen molar-refractivity contribution in [3.63, 3.8) is 0 Å². The van der Waals surface area contributed by atoms with Gasteiger partial charge in [0, 0.05) is 20.6 Å². The Morgan fingerprint density at radius 3 is 2.55 bits per heavy atom. The van der Waals surface area contributed by atoms with Crippen LogP contribution >= 0.6 is 0 Å². The van der Waals surface area contributed by atoms with Gasteiger partial charge in [-0.2, -0.15) is 0 Å². The highest BCUT2D eigenvalue weighted by Gasteiger charge is 2.41. The van der Waals surface area contributed by atoms with Crippen LogP contribution in [0.4, 0.5) is 0 Å². The number of aryl methyl sites for hydroxylation is 1. The fraction of sp³-hybridized carbons (Fsp3) is 0.647. The van der Waals surface area contributed by atoms with Gasteiger partial charge in [0.05, 0.1) is 18.8 Å². The molecule has 0 radical (unpaired) electrons. The molecular formula is C17H26O5. The summed E-state index contributed by atoms with van der Waals surface area (Å²) >= 11 is 0. The molecule has 1 unspecified atom stereocenters. The van der Waals surface area contributed by atoms with Gasteiger partial charge in [0.25, 0.3) is 0 Å². The molecule has 1 heterocycles. The lowest BCUT2D eigenvalue weighted by molar-refractivity contribution is -0.285. The van der Waals surface area contributed by atoms with Crippen molar-refractivity contribution in [1.82, 2.24) is 0 Å². The highest BCUT2D eigenvalue weighted by atomic mass is 16.7. The van der Waals surface area contributed by atoms with E-state index < -0.39 is 18.5 Å². The van der Waals surface area contributed by atoms with Gasteiger partial charge in [0.2, 0.25) is 0 Å². The smallest absolute Gasteiger partial charge is 0.184 e. The molecule has 1 aromatic rings. The minimum absolute atomic E-state index is 0.215. The number of methoxy groups -OCH3 is 2. The molecule has 2 rings (SSSR count). The Labute approximate surface area is 132 Å². The fourth-order valence-electron chi connectivity index (χ4n) is 2.78. The second kappa shape index (κ2) is 8.04. The van der Waals surface area contributed by atoms with Gasteiger partial charge in [0.15, 0.2) is 6.29 Å². The molecule has 0 amide bonds. The van der Waals surface area contributed by atoms with Crippen LogP contribution in [-0.2, 0) is 25.6 Å². The molecule has 1 saturated heterocycles. The predicted molar refractivity (Wildman–Crippen MR) is 82.5 cm³/mol. The van der Waals surface area contributed by atoms with E-state index in [0.717, 1.165) is 5.56 Å². The third kappa shape index (κ3) is 4.06. The Morgan fingerprint density at radius 2 is 1.95 bits per heavy atom. The molecule has 0 bridgehead atoms. The Balaban J connectivity index is 2.01. The monoisotopic (exact) mass is 310 g/mol. The molecule has 5 atom stereocenters. The van der Waals surface area contributed by atoms with E-state index in [1.807, 2.05) is 18.2 Å². The number of ether oxygens (including phenoxy) is 4. The van der Waals surface area contributed by atoms with Gasteiger partial charge in [-0.1, -0.05) is 24.3 Å². The van der Waals surface area contributed by atoms with Gasteiger partial charge in [-0.3, -0.25) is 0 Å². The van der Waals surface area contributed by atoms with Crippen LogP contribution in [0.15, 0.2) is 24.3 Å². The topological polar surface area (TPSA) is 57.2 Å². The van der Waals surface area contributed by atoms with E-state index in [-0.39, 0.29) is 12.2 Å². The Morgan fingerprint density at radius 1 is 1.23 bits per heavy atom. The molecule has 1 fully saturated rings. The van der Waals surface area contributed by atoms with Crippen LogP contribution in [0.2, 0.25) is 0 Å². The summed E-state index contributed by atoms with van der Waals surface area (Å²) in [6.07, 6.45) is -1.36. The second-order valence-electron chi connectivity index (χ2n) is 5.73. The molecule has 22 heavy (non-hydrogen) atoms. The van der Waals surface area contributed by atoms with Gasteiger partial charge in [0.1, 0.15) is 12.2 Å². The van der Waals surface area contributed by atoms with Crippen LogP contribution in [0.5, 0.6) is 0 Å². The minimum atomic E-state index is -0.625. The molecule has 1 aliphatic rings. The summed E-state index contributed by atoms with van der Waals surface area (Å²) in [7, 11) is 3.20. The maximum Gasteiger partial charge on any atom is 0.184 e. The summed E-state index contributed by atoms with van der Waals surface area (Å²) in [5, 5.41) is 9.82. The Kier molecular flexibility index (Phi) is 6.35. The highest BCUT2D eigenvalue weighted by Crippen LogP contribution is 2.28. The first-order valence-corrected chi connectivity index (χ1v) is 7.62. The molecule has 5 heteroatoms. The lowest BCUT2D eigenvalue weighted by Crippen LogP contribution is -2.53. The molecule has 1 N–H and O–H groups in total. The first kappa shape index (κ1) is 17.4. The molecule has 0 aromatic heterocycles. The summed E-state index contributed by atoms with van der Waals surface area (Å²) in [6, 6.07) is 8.12. The summed E-state index contributed by atoms with van der Waals surface area (Å²) in [6.45, 7) is 4.25. The maximum atomic E-state index is 9.82. The highest BCUT2D eigenvalue weighted by molar-refractivity contribution is 5.24. The largest absolute Gasteiger partial charge is 0.391 e. The van der Waals surface area contributed by atoms with Gasteiger partial charge < -0.3 is 24.1 Å². The van der Waals surface area contributed by atoms with Gasteiger partial charge in [-0.25, -0.2) is 0 Å². The van der Waals surface area contributed by atoms with E-state index in [4.69, 9.17) is 18.9 Å². The molecule has 124 valence electrons. The summed E-state index contributed by atoms with van der Waals surface area (Å²) in [5.41, 5.74) is 2.34. The number of benzene rings is 1. The van der Waals surface area contributed by atoms with Crippen molar-refractivity contribution >= 4 is 0 Å². The number of aliphatic hydroxyl groups excluding tert-OH is 1. The van der Waals surface area contributed by atoms with Crippen molar-refractivity contribution in [2.24, 2.45) is 0 Å². The minimum Gasteiger partial charge on any atom is -0.391 e. The lowest BCUT2D eigenvalue weighted by atomic mass is 9.98. The molecule has 1 aliphatic heterocycles. The summed E-state index contributed by atoms with van der Waals surface area (Å²) in [4.78, 5) is 0. The van der Waals surface area contributed by atoms with E-state index in [9.17, 15) is 5.11 Å². The number of hydrogen-bond donors (Lipinski definition) is 1. The van der Waals surface area contributed by atoms with Crippen LogP contribution in [0.25, 0.3) is 0 Å². The van der Waals surface area contributed by atoms with E-state index >= 15 is 0 Å². The van der Waals surface area contributed by atoms with Crippen molar-refractivity contribution in [1.29, 1.82) is 0 Å². The van der Waals surface area contributed by atoms with Crippen LogP contribution in [0.3, 0.4) is 0 Å². The van der Waals surface area contributed by atoms with Gasteiger partial charge >= 0.3 is 0 Å². The molecule has 5 nitrogen and oxygen atoms in total. The van der Waals surface area contributed by atoms with Crippen molar-refractivity contribution in [3.05, 3.63) is 35.4 Å². The van der Waals surface area contributed by atoms with Gasteiger partial charge in [-0.05, 0) is 25.0 Å². The van der Waals surface area contributed by atoms with E-state index in [2.05, 4.69) is 13.0 Å². The Hall–Kier alpha value is -0.980. The lowest BCUT2D eigenvalue weighted by Gasteiger charge is -2.41. The number of aliphatic hydroxyl groups is 1. The van der Waals surface area contributed by atoms with Crippen molar-refractivity contribution < 1.29 is 24.1 Å². The molecule has 1 aromatic carbocycles. The molecular weight excluding hydrogens is 284 g/mol. The van der Waals surface area contributed by atoms with Crippen molar-refractivity contribution in [3.8, 4) is 0 Å². The van der Waals surface area contributed by atoms with E-state index in [1.165, 1.54) is 5.56 Å². The first-order valence-electron chi connectivity index (χ1n) is 7.62. The summed E-state index contributed by atoms with van der Waals surface area (Å²) in [5.74, 6) is 0. The summed E-state index contributed by atoms with van der Waals surface area (Å²) < 4.78 is 22.6. The Bertz CT molecular complexity index is 462. The maximum absolute atomic E-state index is 9.82. The standard InChI is InChI=1S/C17H26O5/c1-11-7-5-6-8-13(11)10-21-15-9-14(19-3)16(12(2)18)22-17(15)20-4/h5-8,12,14-18H,9-10H2,1-4H3/t12-,14+,15-,16-,17?/m1/s1. The second-order valence-corrected chi connectivity index (χ2v) is 5.73. The first-order chi connectivity index (χ1) is 10.6. The van der Waals surface area contributed by atoms with Crippen molar-refractivity contribution in [2.75, 3.05) is 14.2 Å². The van der Waals surface area contributed by atoms with E-state index in [0.29, 0.717) is 13.0 Å². The normalized spacial score (nSPS) is 30.2. The molecule has 0 saturated carbocycles. The number of rotatable bonds is 6. The zero-order valence-electron chi connectivity index (χ0n) is 13.7. The third-order valence-corrected chi connectivity index (χ3v) is 4.15. The predicted octanol–water partition coefficient (Wildman–Crippen LogP) is 2.04. The average molecular weight is 310 g/mol. The van der Waals surface area contributed by atoms with Crippen LogP contribution in [0, 0.1) is 6.92 Å². The number of hydrogen-bond acceptors (Lipinski definition) is 5. The van der Waals surface area contributed by atoms with Crippen LogP contribution in [-0.4, -0.2) is 50.0 Å². The van der Waals surface area contributed by atoms with Gasteiger partial charge in [-0.15, -0.1) is 0 Å². The molecule has 0 spiro atoms. The fourth-order valence-corrected chi connectivity index (χ4v) is 2.78. The third-order valence-electron chi connectivity index (χ3n) is 4.15. The van der Waals surface area contributed by atoms with E-state index in [1.54, 1.807) is 21.1 Å². The molecule has 0 aliphatic carbocycles. The van der Waals surface area contributed by atoms with Crippen LogP contribution < -0.4 is 0 Å². The zero-order valence-corrected chi connectivity index (χ0v) is 13.7.